The molecule has 0 bridgehead atoms. The molecule has 1 aromatic heterocycles. The van der Waals surface area contributed by atoms with Crippen LogP contribution in [0.25, 0.3) is 5.57 Å². The Hall–Kier alpha value is -2.19. The highest BCUT2D eigenvalue weighted by Gasteiger charge is 2.39. The van der Waals surface area contributed by atoms with Crippen molar-refractivity contribution in [1.82, 2.24) is 9.80 Å². The van der Waals surface area contributed by atoms with Crippen molar-refractivity contribution in [3.8, 4) is 0 Å². The zero-order valence-corrected chi connectivity index (χ0v) is 17.7. The van der Waals surface area contributed by atoms with Crippen LogP contribution >= 0.6 is 22.9 Å². The Morgan fingerprint density at radius 2 is 1.90 bits per heavy atom. The second-order valence-corrected chi connectivity index (χ2v) is 8.34. The van der Waals surface area contributed by atoms with E-state index in [9.17, 15) is 9.59 Å². The second-order valence-electron chi connectivity index (χ2n) is 6.98. The summed E-state index contributed by atoms with van der Waals surface area (Å²) >= 11 is 7.68. The van der Waals surface area contributed by atoms with Gasteiger partial charge in [-0.25, -0.2) is 0 Å². The van der Waals surface area contributed by atoms with Crippen molar-refractivity contribution in [2.24, 2.45) is 0 Å². The highest BCUT2D eigenvalue weighted by Crippen LogP contribution is 2.34. The summed E-state index contributed by atoms with van der Waals surface area (Å²) in [4.78, 5) is 30.7. The van der Waals surface area contributed by atoms with Gasteiger partial charge in [-0.15, -0.1) is 11.3 Å². The van der Waals surface area contributed by atoms with E-state index in [4.69, 9.17) is 16.3 Å². The summed E-state index contributed by atoms with van der Waals surface area (Å²) < 4.78 is 5.37. The van der Waals surface area contributed by atoms with Gasteiger partial charge in [-0.05, 0) is 36.1 Å². The van der Waals surface area contributed by atoms with Crippen LogP contribution in [-0.2, 0) is 14.3 Å². The molecule has 0 saturated carbocycles. The molecular weight excluding hydrogens is 410 g/mol. The topological polar surface area (TPSA) is 61.9 Å². The van der Waals surface area contributed by atoms with E-state index in [0.29, 0.717) is 42.6 Å². The first-order valence-electron chi connectivity index (χ1n) is 9.53. The number of imide groups is 1. The maximum atomic E-state index is 13.2. The van der Waals surface area contributed by atoms with Crippen LogP contribution in [0.3, 0.4) is 0 Å². The molecule has 0 radical (unpaired) electrons. The number of nitrogens with zero attached hydrogens (tertiary/aromatic N) is 2. The SMILES string of the molecule is Cc1c(Cl)cccc1NC1=C(c2cccs2)C(=O)N(CCN2CCOCC2)C1=O. The van der Waals surface area contributed by atoms with Gasteiger partial charge in [0, 0.05) is 41.8 Å². The molecule has 1 fully saturated rings. The fraction of sp³-hybridized carbons (Fsp3) is 0.333. The highest BCUT2D eigenvalue weighted by atomic mass is 35.5. The van der Waals surface area contributed by atoms with Crippen LogP contribution in [0.15, 0.2) is 41.4 Å². The minimum absolute atomic E-state index is 0.257. The normalized spacial score (nSPS) is 18.1. The summed E-state index contributed by atoms with van der Waals surface area (Å²) in [6.45, 7) is 5.87. The van der Waals surface area contributed by atoms with Gasteiger partial charge >= 0.3 is 0 Å². The van der Waals surface area contributed by atoms with E-state index >= 15 is 0 Å². The van der Waals surface area contributed by atoms with E-state index in [1.54, 1.807) is 6.07 Å². The smallest absolute Gasteiger partial charge is 0.278 e. The molecule has 2 aliphatic heterocycles. The van der Waals surface area contributed by atoms with Crippen LogP contribution in [-0.4, -0.2) is 61.0 Å². The molecule has 4 rings (SSSR count). The Bertz CT molecular complexity index is 952. The monoisotopic (exact) mass is 431 g/mol. The van der Waals surface area contributed by atoms with Crippen molar-refractivity contribution in [3.05, 3.63) is 56.9 Å². The van der Waals surface area contributed by atoms with Crippen molar-refractivity contribution < 1.29 is 14.3 Å². The number of carbonyl (C=O) groups excluding carboxylic acids is 2. The van der Waals surface area contributed by atoms with Crippen molar-refractivity contribution >= 4 is 46.0 Å². The van der Waals surface area contributed by atoms with Crippen LogP contribution in [0.4, 0.5) is 5.69 Å². The number of rotatable bonds is 6. The van der Waals surface area contributed by atoms with Crippen LogP contribution in [0.1, 0.15) is 10.4 Å². The number of benzene rings is 1. The minimum Gasteiger partial charge on any atom is -0.379 e. The summed E-state index contributed by atoms with van der Waals surface area (Å²) in [6.07, 6.45) is 0. The number of carbonyl (C=O) groups is 2. The number of amides is 2. The van der Waals surface area contributed by atoms with Crippen LogP contribution < -0.4 is 5.32 Å². The van der Waals surface area contributed by atoms with Gasteiger partial charge in [0.25, 0.3) is 11.8 Å². The molecule has 1 N–H and O–H groups in total. The maximum absolute atomic E-state index is 13.2. The highest BCUT2D eigenvalue weighted by molar-refractivity contribution is 7.11. The van der Waals surface area contributed by atoms with Gasteiger partial charge in [-0.2, -0.15) is 0 Å². The van der Waals surface area contributed by atoms with E-state index in [2.05, 4.69) is 10.2 Å². The van der Waals surface area contributed by atoms with Gasteiger partial charge < -0.3 is 10.1 Å². The number of hydrogen-bond donors (Lipinski definition) is 1. The van der Waals surface area contributed by atoms with E-state index in [-0.39, 0.29) is 11.8 Å². The van der Waals surface area contributed by atoms with E-state index in [1.807, 2.05) is 36.6 Å². The van der Waals surface area contributed by atoms with E-state index < -0.39 is 0 Å². The fourth-order valence-corrected chi connectivity index (χ4v) is 4.43. The van der Waals surface area contributed by atoms with Gasteiger partial charge in [0.2, 0.25) is 0 Å². The molecule has 0 spiro atoms. The molecule has 1 aromatic carbocycles. The first kappa shape index (κ1) is 20.1. The Balaban J connectivity index is 1.61. The lowest BCUT2D eigenvalue weighted by Gasteiger charge is -2.28. The molecule has 8 heteroatoms. The van der Waals surface area contributed by atoms with Gasteiger partial charge in [-0.3, -0.25) is 19.4 Å². The fourth-order valence-electron chi connectivity index (χ4n) is 3.49. The quantitative estimate of drug-likeness (QED) is 0.711. The lowest BCUT2D eigenvalue weighted by molar-refractivity contribution is -0.137. The predicted octanol–water partition coefficient (Wildman–Crippen LogP) is 3.23. The molecule has 0 atom stereocenters. The third kappa shape index (κ3) is 4.09. The molecule has 2 amide bonds. The van der Waals surface area contributed by atoms with Crippen LogP contribution in [0.2, 0.25) is 5.02 Å². The van der Waals surface area contributed by atoms with Crippen molar-refractivity contribution in [3.63, 3.8) is 0 Å². The Kier molecular flexibility index (Phi) is 6.01. The van der Waals surface area contributed by atoms with Crippen LogP contribution in [0.5, 0.6) is 0 Å². The zero-order valence-electron chi connectivity index (χ0n) is 16.1. The largest absolute Gasteiger partial charge is 0.379 e. The predicted molar refractivity (Wildman–Crippen MR) is 115 cm³/mol. The Morgan fingerprint density at radius 1 is 1.10 bits per heavy atom. The molecule has 0 unspecified atom stereocenters. The molecule has 6 nitrogen and oxygen atoms in total. The summed E-state index contributed by atoms with van der Waals surface area (Å²) in [5.41, 5.74) is 2.29. The lowest BCUT2D eigenvalue weighted by Crippen LogP contribution is -2.43. The first-order chi connectivity index (χ1) is 14.1. The molecule has 2 aromatic rings. The molecule has 1 saturated heterocycles. The van der Waals surface area contributed by atoms with Crippen molar-refractivity contribution in [2.75, 3.05) is 44.7 Å². The summed E-state index contributed by atoms with van der Waals surface area (Å²) in [6, 6.07) is 9.22. The van der Waals surface area contributed by atoms with Gasteiger partial charge in [0.15, 0.2) is 0 Å². The van der Waals surface area contributed by atoms with Gasteiger partial charge in [-0.1, -0.05) is 23.7 Å². The number of halogens is 1. The summed E-state index contributed by atoms with van der Waals surface area (Å²) in [5.74, 6) is -0.557. The number of nitrogens with one attached hydrogen (secondary N) is 1. The third-order valence-corrected chi connectivity index (χ3v) is 6.50. The average Bonchev–Trinajstić information content (AvgIpc) is 3.32. The molecule has 29 heavy (non-hydrogen) atoms. The number of ether oxygens (including phenoxy) is 1. The Labute approximate surface area is 178 Å². The lowest BCUT2D eigenvalue weighted by atomic mass is 10.1. The second kappa shape index (κ2) is 8.67. The summed E-state index contributed by atoms with van der Waals surface area (Å²) in [7, 11) is 0. The first-order valence-corrected chi connectivity index (χ1v) is 10.8. The number of thiophene rings is 1. The standard InChI is InChI=1S/C21H22ClN3O3S/c1-14-15(22)4-2-5-16(14)23-19-18(17-6-3-13-29-17)20(26)25(21(19)27)8-7-24-9-11-28-12-10-24/h2-6,13,23H,7-12H2,1H3. The molecule has 3 heterocycles. The minimum atomic E-state index is -0.300. The third-order valence-electron chi connectivity index (χ3n) is 5.21. The van der Waals surface area contributed by atoms with Gasteiger partial charge in [0.05, 0.1) is 18.8 Å². The maximum Gasteiger partial charge on any atom is 0.278 e. The molecular formula is C21H22ClN3O3S. The molecule has 152 valence electrons. The molecule has 2 aliphatic rings. The zero-order chi connectivity index (χ0) is 20.4. The number of hydrogen-bond acceptors (Lipinski definition) is 6. The van der Waals surface area contributed by atoms with Crippen molar-refractivity contribution in [1.29, 1.82) is 0 Å². The Morgan fingerprint density at radius 3 is 2.62 bits per heavy atom. The van der Waals surface area contributed by atoms with E-state index in [0.717, 1.165) is 29.2 Å². The summed E-state index contributed by atoms with van der Waals surface area (Å²) in [5, 5.41) is 5.70. The van der Waals surface area contributed by atoms with E-state index in [1.165, 1.54) is 16.2 Å². The average molecular weight is 432 g/mol. The molecule has 0 aliphatic carbocycles. The van der Waals surface area contributed by atoms with Gasteiger partial charge in [0.1, 0.15) is 5.70 Å². The van der Waals surface area contributed by atoms with Crippen LogP contribution in [0, 0.1) is 6.92 Å². The number of anilines is 1. The number of morpholine rings is 1. The van der Waals surface area contributed by atoms with Crippen molar-refractivity contribution in [2.45, 2.75) is 6.92 Å².